The fraction of sp³-hybridized carbons (Fsp3) is 0.429. The van der Waals surface area contributed by atoms with E-state index in [1.54, 1.807) is 7.11 Å². The third-order valence-corrected chi connectivity index (χ3v) is 6.38. The fourth-order valence-corrected chi connectivity index (χ4v) is 4.65. The maximum Gasteiger partial charge on any atom is 0.215 e. The van der Waals surface area contributed by atoms with Crippen molar-refractivity contribution in [3.05, 3.63) is 65.7 Å². The summed E-state index contributed by atoms with van der Waals surface area (Å²) in [7, 11) is -1.60. The molecule has 2 aromatic carbocycles. The van der Waals surface area contributed by atoms with Crippen LogP contribution in [0.25, 0.3) is 0 Å². The largest absolute Gasteiger partial charge is 0.497 e. The second kappa shape index (κ2) is 9.35. The molecular weight excluding hydrogens is 360 g/mol. The van der Waals surface area contributed by atoms with Crippen molar-refractivity contribution in [2.75, 3.05) is 26.7 Å². The smallest absolute Gasteiger partial charge is 0.215 e. The quantitative estimate of drug-likeness (QED) is 0.755. The van der Waals surface area contributed by atoms with E-state index in [9.17, 15) is 8.42 Å². The van der Waals surface area contributed by atoms with Gasteiger partial charge in [0.2, 0.25) is 10.0 Å². The lowest BCUT2D eigenvalue weighted by molar-refractivity contribution is 0.178. The van der Waals surface area contributed by atoms with Crippen LogP contribution in [0.1, 0.15) is 24.0 Å². The number of rotatable bonds is 8. The van der Waals surface area contributed by atoms with Crippen LogP contribution in [-0.2, 0) is 22.3 Å². The summed E-state index contributed by atoms with van der Waals surface area (Å²) in [6.07, 6.45) is 2.04. The van der Waals surface area contributed by atoms with Crippen molar-refractivity contribution in [3.8, 4) is 5.75 Å². The molecule has 3 rings (SSSR count). The molecule has 0 aliphatic carbocycles. The highest BCUT2D eigenvalue weighted by atomic mass is 32.2. The van der Waals surface area contributed by atoms with E-state index in [0.717, 1.165) is 43.8 Å². The Labute approximate surface area is 162 Å². The van der Waals surface area contributed by atoms with Gasteiger partial charge in [-0.1, -0.05) is 42.5 Å². The highest BCUT2D eigenvalue weighted by Gasteiger charge is 2.21. The lowest BCUT2D eigenvalue weighted by atomic mass is 9.97. The topological polar surface area (TPSA) is 58.6 Å². The first-order valence-corrected chi connectivity index (χ1v) is 11.1. The van der Waals surface area contributed by atoms with Gasteiger partial charge in [-0.15, -0.1) is 0 Å². The Morgan fingerprint density at radius 2 is 1.67 bits per heavy atom. The van der Waals surface area contributed by atoms with Gasteiger partial charge in [-0.2, -0.15) is 0 Å². The van der Waals surface area contributed by atoms with E-state index in [2.05, 4.69) is 21.8 Å². The summed E-state index contributed by atoms with van der Waals surface area (Å²) in [5.74, 6) is 1.33. The first-order chi connectivity index (χ1) is 13.0. The van der Waals surface area contributed by atoms with Gasteiger partial charge in [0, 0.05) is 13.1 Å². The summed E-state index contributed by atoms with van der Waals surface area (Å²) in [5, 5.41) is 0. The Hall–Kier alpha value is -1.89. The summed E-state index contributed by atoms with van der Waals surface area (Å²) >= 11 is 0. The highest BCUT2D eigenvalue weighted by molar-refractivity contribution is 7.88. The van der Waals surface area contributed by atoms with Crippen LogP contribution >= 0.6 is 0 Å². The molecule has 0 spiro atoms. The molecule has 5 nitrogen and oxygen atoms in total. The molecule has 0 unspecified atom stereocenters. The minimum absolute atomic E-state index is 0.0458. The molecule has 6 heteroatoms. The average molecular weight is 389 g/mol. The maximum absolute atomic E-state index is 12.3. The lowest BCUT2D eigenvalue weighted by Gasteiger charge is -2.32. The molecule has 1 saturated heterocycles. The number of hydrogen-bond donors (Lipinski definition) is 1. The minimum atomic E-state index is -3.28. The molecule has 1 aliphatic heterocycles. The van der Waals surface area contributed by atoms with Crippen LogP contribution < -0.4 is 9.46 Å². The van der Waals surface area contributed by atoms with Crippen LogP contribution in [0.15, 0.2) is 54.6 Å². The van der Waals surface area contributed by atoms with Gasteiger partial charge < -0.3 is 4.74 Å². The van der Waals surface area contributed by atoms with Crippen molar-refractivity contribution in [3.63, 3.8) is 0 Å². The lowest BCUT2D eigenvalue weighted by Crippen LogP contribution is -2.38. The first kappa shape index (κ1) is 19.9. The average Bonchev–Trinajstić information content (AvgIpc) is 2.69. The van der Waals surface area contributed by atoms with Gasteiger partial charge in [-0.25, -0.2) is 13.1 Å². The van der Waals surface area contributed by atoms with Crippen LogP contribution in [0.4, 0.5) is 0 Å². The van der Waals surface area contributed by atoms with Crippen LogP contribution in [0, 0.1) is 5.92 Å². The summed E-state index contributed by atoms with van der Waals surface area (Å²) in [5.41, 5.74) is 2.09. The Kier molecular flexibility index (Phi) is 6.88. The Morgan fingerprint density at radius 1 is 1.00 bits per heavy atom. The standard InChI is InChI=1S/C21H28N2O3S/c1-26-21-9-7-19(8-10-21)16-23-13-11-18(12-14-23)15-22-27(24,25)17-20-5-3-2-4-6-20/h2-10,18,22H,11-17H2,1H3. The third-order valence-electron chi connectivity index (χ3n) is 5.06. The molecule has 1 heterocycles. The number of ether oxygens (including phenoxy) is 1. The van der Waals surface area contributed by atoms with Crippen molar-refractivity contribution in [2.45, 2.75) is 25.1 Å². The van der Waals surface area contributed by atoms with Gasteiger partial charge in [0.1, 0.15) is 5.75 Å². The molecule has 0 amide bonds. The predicted octanol–water partition coefficient (Wildman–Crippen LogP) is 3.03. The SMILES string of the molecule is COc1ccc(CN2CCC(CNS(=O)(=O)Cc3ccccc3)CC2)cc1. The van der Waals surface area contributed by atoms with Crippen molar-refractivity contribution >= 4 is 10.0 Å². The van der Waals surface area contributed by atoms with Gasteiger partial charge in [-0.05, 0) is 55.1 Å². The Bertz CT molecular complexity index is 799. The summed E-state index contributed by atoms with van der Waals surface area (Å²) in [6.45, 7) is 3.45. The Morgan fingerprint density at radius 3 is 2.30 bits per heavy atom. The summed E-state index contributed by atoms with van der Waals surface area (Å²) < 4.78 is 32.5. The molecule has 0 atom stereocenters. The molecule has 27 heavy (non-hydrogen) atoms. The van der Waals surface area contributed by atoms with Crippen LogP contribution in [0.5, 0.6) is 5.75 Å². The van der Waals surface area contributed by atoms with E-state index in [1.165, 1.54) is 5.56 Å². The minimum Gasteiger partial charge on any atom is -0.497 e. The van der Waals surface area contributed by atoms with Crippen LogP contribution in [0.2, 0.25) is 0 Å². The van der Waals surface area contributed by atoms with Crippen molar-refractivity contribution in [1.29, 1.82) is 0 Å². The van der Waals surface area contributed by atoms with Crippen LogP contribution in [-0.4, -0.2) is 40.1 Å². The second-order valence-corrected chi connectivity index (χ2v) is 8.97. The molecular formula is C21H28N2O3S. The number of likely N-dealkylation sites (tertiary alicyclic amines) is 1. The first-order valence-electron chi connectivity index (χ1n) is 9.40. The van der Waals surface area contributed by atoms with Gasteiger partial charge in [0.05, 0.1) is 12.9 Å². The third kappa shape index (κ3) is 6.34. The molecule has 0 bridgehead atoms. The zero-order valence-electron chi connectivity index (χ0n) is 15.8. The van der Waals surface area contributed by atoms with E-state index in [0.29, 0.717) is 12.5 Å². The molecule has 0 radical (unpaired) electrons. The van der Waals surface area contributed by atoms with E-state index in [1.807, 2.05) is 42.5 Å². The number of nitrogens with zero attached hydrogens (tertiary/aromatic N) is 1. The van der Waals surface area contributed by atoms with E-state index in [-0.39, 0.29) is 5.75 Å². The molecule has 1 aliphatic rings. The van der Waals surface area contributed by atoms with Gasteiger partial charge in [0.25, 0.3) is 0 Å². The molecule has 2 aromatic rings. The number of piperidine rings is 1. The fourth-order valence-electron chi connectivity index (χ4n) is 3.43. The molecule has 0 aromatic heterocycles. The number of methoxy groups -OCH3 is 1. The van der Waals surface area contributed by atoms with Crippen LogP contribution in [0.3, 0.4) is 0 Å². The zero-order valence-corrected chi connectivity index (χ0v) is 16.6. The van der Waals surface area contributed by atoms with Gasteiger partial charge >= 0.3 is 0 Å². The van der Waals surface area contributed by atoms with Crippen molar-refractivity contribution in [2.24, 2.45) is 5.92 Å². The van der Waals surface area contributed by atoms with Gasteiger partial charge in [-0.3, -0.25) is 4.90 Å². The summed E-state index contributed by atoms with van der Waals surface area (Å²) in [6, 6.07) is 17.5. The normalized spacial score (nSPS) is 16.3. The van der Waals surface area contributed by atoms with E-state index in [4.69, 9.17) is 4.74 Å². The number of nitrogens with one attached hydrogen (secondary N) is 1. The number of sulfonamides is 1. The van der Waals surface area contributed by atoms with Gasteiger partial charge in [0.15, 0.2) is 0 Å². The predicted molar refractivity (Wildman–Crippen MR) is 108 cm³/mol. The van der Waals surface area contributed by atoms with E-state index < -0.39 is 10.0 Å². The number of hydrogen-bond acceptors (Lipinski definition) is 4. The molecule has 146 valence electrons. The second-order valence-electron chi connectivity index (χ2n) is 7.16. The molecule has 1 fully saturated rings. The monoisotopic (exact) mass is 388 g/mol. The maximum atomic E-state index is 12.3. The summed E-state index contributed by atoms with van der Waals surface area (Å²) in [4.78, 5) is 2.43. The van der Waals surface area contributed by atoms with Crippen molar-refractivity contribution in [1.82, 2.24) is 9.62 Å². The number of benzene rings is 2. The molecule has 0 saturated carbocycles. The Balaban J connectivity index is 1.41. The zero-order chi connectivity index (χ0) is 19.1. The van der Waals surface area contributed by atoms with E-state index >= 15 is 0 Å². The van der Waals surface area contributed by atoms with Crippen molar-refractivity contribution < 1.29 is 13.2 Å². The molecule has 1 N–H and O–H groups in total. The highest BCUT2D eigenvalue weighted by Crippen LogP contribution is 2.20.